The molecule has 0 bridgehead atoms. The first-order valence-corrected chi connectivity index (χ1v) is 6.60. The fourth-order valence-electron chi connectivity index (χ4n) is 1.89. The summed E-state index contributed by atoms with van der Waals surface area (Å²) in [5, 5.41) is 11.9. The fraction of sp³-hybridized carbons (Fsp3) is 0.923. The molecule has 0 fully saturated rings. The van der Waals surface area contributed by atoms with Crippen molar-refractivity contribution in [3.8, 4) is 0 Å². The third kappa shape index (κ3) is 10.3. The average molecular weight is 244 g/mol. The van der Waals surface area contributed by atoms with Gasteiger partial charge >= 0.3 is 0 Å². The van der Waals surface area contributed by atoms with E-state index in [4.69, 9.17) is 10.8 Å². The topological polar surface area (TPSA) is 75.4 Å². The lowest BCUT2D eigenvalue weighted by atomic mass is 9.94. The molecule has 0 aliphatic carbocycles. The van der Waals surface area contributed by atoms with Gasteiger partial charge in [0.05, 0.1) is 6.10 Å². The van der Waals surface area contributed by atoms with E-state index in [1.54, 1.807) is 6.92 Å². The predicted molar refractivity (Wildman–Crippen MR) is 70.5 cm³/mol. The molecule has 0 aliphatic rings. The van der Waals surface area contributed by atoms with Gasteiger partial charge in [-0.1, -0.05) is 13.8 Å². The third-order valence-electron chi connectivity index (χ3n) is 2.73. The van der Waals surface area contributed by atoms with Gasteiger partial charge in [-0.25, -0.2) is 0 Å². The van der Waals surface area contributed by atoms with Crippen LogP contribution in [0.15, 0.2) is 0 Å². The van der Waals surface area contributed by atoms with E-state index in [9.17, 15) is 4.79 Å². The molecule has 0 spiro atoms. The summed E-state index contributed by atoms with van der Waals surface area (Å²) in [4.78, 5) is 11.6. The van der Waals surface area contributed by atoms with Crippen LogP contribution in [-0.2, 0) is 4.79 Å². The molecule has 0 rings (SSSR count). The Morgan fingerprint density at radius 3 is 2.47 bits per heavy atom. The van der Waals surface area contributed by atoms with E-state index >= 15 is 0 Å². The van der Waals surface area contributed by atoms with E-state index in [0.717, 1.165) is 19.3 Å². The molecule has 0 aromatic rings. The molecular weight excluding hydrogens is 216 g/mol. The summed E-state index contributed by atoms with van der Waals surface area (Å²) in [6, 6.07) is 0. The van der Waals surface area contributed by atoms with E-state index in [2.05, 4.69) is 19.2 Å². The van der Waals surface area contributed by atoms with Gasteiger partial charge in [0.2, 0.25) is 5.91 Å². The van der Waals surface area contributed by atoms with Crippen LogP contribution in [0.1, 0.15) is 46.5 Å². The number of hydrogen-bond acceptors (Lipinski definition) is 3. The van der Waals surface area contributed by atoms with Gasteiger partial charge in [-0.15, -0.1) is 0 Å². The lowest BCUT2D eigenvalue weighted by molar-refractivity contribution is -0.122. The molecule has 0 heterocycles. The maximum atomic E-state index is 11.6. The number of rotatable bonds is 9. The van der Waals surface area contributed by atoms with Crippen molar-refractivity contribution in [2.75, 3.05) is 13.1 Å². The lowest BCUT2D eigenvalue weighted by Gasteiger charge is -2.16. The zero-order valence-electron chi connectivity index (χ0n) is 11.4. The Hall–Kier alpha value is -0.610. The minimum absolute atomic E-state index is 0.0756. The molecule has 4 nitrogen and oxygen atoms in total. The van der Waals surface area contributed by atoms with Gasteiger partial charge < -0.3 is 16.2 Å². The molecule has 0 aliphatic heterocycles. The van der Waals surface area contributed by atoms with Gasteiger partial charge in [-0.3, -0.25) is 4.79 Å². The van der Waals surface area contributed by atoms with E-state index < -0.39 is 0 Å². The van der Waals surface area contributed by atoms with E-state index in [0.29, 0.717) is 25.4 Å². The Morgan fingerprint density at radius 2 is 2.00 bits per heavy atom. The summed E-state index contributed by atoms with van der Waals surface area (Å²) < 4.78 is 0. The van der Waals surface area contributed by atoms with Crippen molar-refractivity contribution in [3.63, 3.8) is 0 Å². The first-order chi connectivity index (χ1) is 7.95. The van der Waals surface area contributed by atoms with Crippen LogP contribution in [0, 0.1) is 11.8 Å². The number of nitrogens with one attached hydrogen (secondary N) is 1. The SMILES string of the molecule is CC(C)C[C@H](CN)CC(=O)NCCCC(C)O. The van der Waals surface area contributed by atoms with Crippen LogP contribution < -0.4 is 11.1 Å². The average Bonchev–Trinajstić information content (AvgIpc) is 2.22. The summed E-state index contributed by atoms with van der Waals surface area (Å²) in [5.74, 6) is 0.935. The van der Waals surface area contributed by atoms with Crippen LogP contribution >= 0.6 is 0 Å². The molecule has 4 heteroatoms. The van der Waals surface area contributed by atoms with Crippen molar-refractivity contribution in [1.82, 2.24) is 5.32 Å². The summed E-state index contributed by atoms with van der Waals surface area (Å²) in [7, 11) is 0. The van der Waals surface area contributed by atoms with Crippen LogP contribution in [0.4, 0.5) is 0 Å². The highest BCUT2D eigenvalue weighted by atomic mass is 16.3. The van der Waals surface area contributed by atoms with Crippen LogP contribution in [0.5, 0.6) is 0 Å². The van der Waals surface area contributed by atoms with Crippen molar-refractivity contribution in [1.29, 1.82) is 0 Å². The van der Waals surface area contributed by atoms with Gasteiger partial charge in [0, 0.05) is 13.0 Å². The Labute approximate surface area is 105 Å². The summed E-state index contributed by atoms with van der Waals surface area (Å²) >= 11 is 0. The Bertz CT molecular complexity index is 206. The highest BCUT2D eigenvalue weighted by molar-refractivity contribution is 5.76. The molecule has 1 unspecified atom stereocenters. The number of carbonyl (C=O) groups is 1. The largest absolute Gasteiger partial charge is 0.393 e. The van der Waals surface area contributed by atoms with Crippen LogP contribution in [0.25, 0.3) is 0 Å². The van der Waals surface area contributed by atoms with Gasteiger partial charge in [-0.2, -0.15) is 0 Å². The highest BCUT2D eigenvalue weighted by Gasteiger charge is 2.13. The maximum Gasteiger partial charge on any atom is 0.220 e. The van der Waals surface area contributed by atoms with Crippen LogP contribution in [0.3, 0.4) is 0 Å². The van der Waals surface area contributed by atoms with Crippen molar-refractivity contribution in [2.45, 2.75) is 52.6 Å². The molecule has 0 aromatic heterocycles. The normalized spacial score (nSPS) is 14.7. The van der Waals surface area contributed by atoms with Gasteiger partial charge in [0.1, 0.15) is 0 Å². The first kappa shape index (κ1) is 16.4. The van der Waals surface area contributed by atoms with Crippen molar-refractivity contribution >= 4 is 5.91 Å². The third-order valence-corrected chi connectivity index (χ3v) is 2.73. The van der Waals surface area contributed by atoms with E-state index in [-0.39, 0.29) is 17.9 Å². The molecule has 102 valence electrons. The lowest BCUT2D eigenvalue weighted by Crippen LogP contribution is -2.29. The molecule has 2 atom stereocenters. The van der Waals surface area contributed by atoms with Gasteiger partial charge in [0.15, 0.2) is 0 Å². The molecule has 1 amide bonds. The second-order valence-electron chi connectivity index (χ2n) is 5.28. The van der Waals surface area contributed by atoms with Crippen molar-refractivity contribution in [3.05, 3.63) is 0 Å². The molecular formula is C13H28N2O2. The van der Waals surface area contributed by atoms with E-state index in [1.807, 2.05) is 0 Å². The number of hydrogen-bond donors (Lipinski definition) is 3. The minimum Gasteiger partial charge on any atom is -0.393 e. The number of aliphatic hydroxyl groups is 1. The van der Waals surface area contributed by atoms with Crippen LogP contribution in [-0.4, -0.2) is 30.2 Å². The first-order valence-electron chi connectivity index (χ1n) is 6.60. The molecule has 0 saturated heterocycles. The van der Waals surface area contributed by atoms with E-state index in [1.165, 1.54) is 0 Å². The molecule has 0 aromatic carbocycles. The molecule has 4 N–H and O–H groups in total. The zero-order valence-corrected chi connectivity index (χ0v) is 11.4. The zero-order chi connectivity index (χ0) is 13.3. The standard InChI is InChI=1S/C13H28N2O2/c1-10(2)7-12(9-14)8-13(17)15-6-4-5-11(3)16/h10-12,16H,4-9,14H2,1-3H3,(H,15,17)/t11?,12-/m0/s1. The minimum atomic E-state index is -0.287. The summed E-state index contributed by atoms with van der Waals surface area (Å²) in [6.45, 7) is 7.25. The fourth-order valence-corrected chi connectivity index (χ4v) is 1.89. The second-order valence-corrected chi connectivity index (χ2v) is 5.28. The number of aliphatic hydroxyl groups excluding tert-OH is 1. The summed E-state index contributed by atoms with van der Waals surface area (Å²) in [5.41, 5.74) is 5.65. The molecule has 0 radical (unpaired) electrons. The highest BCUT2D eigenvalue weighted by Crippen LogP contribution is 2.13. The predicted octanol–water partition coefficient (Wildman–Crippen LogP) is 1.27. The molecule has 17 heavy (non-hydrogen) atoms. The Kier molecular flexibility index (Phi) is 9.09. The van der Waals surface area contributed by atoms with Gasteiger partial charge in [0.25, 0.3) is 0 Å². The Morgan fingerprint density at radius 1 is 1.35 bits per heavy atom. The Balaban J connectivity index is 3.68. The van der Waals surface area contributed by atoms with Crippen molar-refractivity contribution in [2.24, 2.45) is 17.6 Å². The maximum absolute atomic E-state index is 11.6. The summed E-state index contributed by atoms with van der Waals surface area (Å²) in [6.07, 6.45) is 2.78. The number of carbonyl (C=O) groups excluding carboxylic acids is 1. The smallest absolute Gasteiger partial charge is 0.220 e. The van der Waals surface area contributed by atoms with Crippen molar-refractivity contribution < 1.29 is 9.90 Å². The van der Waals surface area contributed by atoms with Crippen LogP contribution in [0.2, 0.25) is 0 Å². The molecule has 0 saturated carbocycles. The quantitative estimate of drug-likeness (QED) is 0.535. The van der Waals surface area contributed by atoms with Gasteiger partial charge in [-0.05, 0) is 44.6 Å². The number of amides is 1. The number of nitrogens with two attached hydrogens (primary N) is 1. The monoisotopic (exact) mass is 244 g/mol. The second kappa shape index (κ2) is 9.42.